The molecule has 0 unspecified atom stereocenters. The summed E-state index contributed by atoms with van der Waals surface area (Å²) in [5.41, 5.74) is 2.58. The number of nitrogens with one attached hydrogen (secondary N) is 1. The molecule has 2 rings (SSSR count). The van der Waals surface area contributed by atoms with Crippen molar-refractivity contribution in [1.82, 2.24) is 20.5 Å². The summed E-state index contributed by atoms with van der Waals surface area (Å²) in [5, 5.41) is 10.4. The molecule has 2 aromatic rings. The first-order valence-electron chi connectivity index (χ1n) is 6.22. The molecule has 0 saturated carbocycles. The Kier molecular flexibility index (Phi) is 4.11. The van der Waals surface area contributed by atoms with E-state index in [0.29, 0.717) is 13.0 Å². The summed E-state index contributed by atoms with van der Waals surface area (Å²) in [6.45, 7) is 2.72. The van der Waals surface area contributed by atoms with Crippen LogP contribution >= 0.6 is 0 Å². The highest BCUT2D eigenvalue weighted by Crippen LogP contribution is 2.17. The van der Waals surface area contributed by atoms with Crippen LogP contribution in [0.15, 0.2) is 22.8 Å². The highest BCUT2D eigenvalue weighted by Gasteiger charge is 2.15. The number of amides is 1. The van der Waals surface area contributed by atoms with E-state index in [0.717, 1.165) is 16.6 Å². The number of hydrogen-bond donors (Lipinski definition) is 1. The maximum Gasteiger partial charge on any atom is 0.221 e. The summed E-state index contributed by atoms with van der Waals surface area (Å²) >= 11 is 0. The molecule has 1 aromatic carbocycles. The molecule has 0 spiro atoms. The first kappa shape index (κ1) is 13.5. The van der Waals surface area contributed by atoms with Crippen molar-refractivity contribution in [2.24, 2.45) is 0 Å². The molecular weight excluding hydrogens is 244 g/mol. The lowest BCUT2D eigenvalue weighted by Gasteiger charge is -2.24. The lowest BCUT2D eigenvalue weighted by atomic mass is 10.1. The first-order valence-corrected chi connectivity index (χ1v) is 6.22. The van der Waals surface area contributed by atoms with E-state index in [9.17, 15) is 4.79 Å². The van der Waals surface area contributed by atoms with Crippen LogP contribution in [0.5, 0.6) is 0 Å². The summed E-state index contributed by atoms with van der Waals surface area (Å²) in [7, 11) is 3.64. The van der Waals surface area contributed by atoms with Crippen LogP contribution in [0, 0.1) is 0 Å². The SMILES string of the molecule is CNC(=O)C[C@H](C)N(C)Cc1cccc2nonc12. The second kappa shape index (κ2) is 5.79. The van der Waals surface area contributed by atoms with Gasteiger partial charge in [-0.1, -0.05) is 12.1 Å². The normalized spacial score (nSPS) is 12.8. The van der Waals surface area contributed by atoms with Crippen LogP contribution in [0.1, 0.15) is 18.9 Å². The Morgan fingerprint density at radius 1 is 1.47 bits per heavy atom. The van der Waals surface area contributed by atoms with Crippen LogP contribution in [0.3, 0.4) is 0 Å². The molecule has 1 aromatic heterocycles. The van der Waals surface area contributed by atoms with Crippen LogP contribution in [0.2, 0.25) is 0 Å². The molecule has 1 N–H and O–H groups in total. The van der Waals surface area contributed by atoms with Gasteiger partial charge in [0.2, 0.25) is 5.91 Å². The van der Waals surface area contributed by atoms with Crippen molar-refractivity contribution in [2.45, 2.75) is 25.9 Å². The molecule has 19 heavy (non-hydrogen) atoms. The Balaban J connectivity index is 2.08. The minimum Gasteiger partial charge on any atom is -0.359 e. The van der Waals surface area contributed by atoms with Crippen LogP contribution in [0.4, 0.5) is 0 Å². The predicted octanol–water partition coefficient (Wildman–Crippen LogP) is 1.18. The molecule has 0 fully saturated rings. The van der Waals surface area contributed by atoms with Gasteiger partial charge in [-0.2, -0.15) is 0 Å². The molecular formula is C13H18N4O2. The molecule has 0 radical (unpaired) electrons. The van der Waals surface area contributed by atoms with Crippen LogP contribution in [-0.2, 0) is 11.3 Å². The average Bonchev–Trinajstić information content (AvgIpc) is 2.87. The van der Waals surface area contributed by atoms with Gasteiger partial charge in [-0.25, -0.2) is 4.63 Å². The quantitative estimate of drug-likeness (QED) is 0.876. The number of carbonyl (C=O) groups excluding carboxylic acids is 1. The van der Waals surface area contributed by atoms with Crippen LogP contribution in [0.25, 0.3) is 11.0 Å². The number of carbonyl (C=O) groups is 1. The maximum atomic E-state index is 11.4. The Hall–Kier alpha value is -1.95. The second-order valence-electron chi connectivity index (χ2n) is 4.69. The van der Waals surface area contributed by atoms with Crippen molar-refractivity contribution in [1.29, 1.82) is 0 Å². The summed E-state index contributed by atoms with van der Waals surface area (Å²) in [6, 6.07) is 5.94. The molecule has 0 bridgehead atoms. The van der Waals surface area contributed by atoms with Gasteiger partial charge in [0, 0.05) is 26.1 Å². The molecule has 1 amide bonds. The molecule has 0 aliphatic heterocycles. The zero-order valence-electron chi connectivity index (χ0n) is 11.4. The van der Waals surface area contributed by atoms with Gasteiger partial charge in [-0.15, -0.1) is 0 Å². The van der Waals surface area contributed by atoms with E-state index in [1.165, 1.54) is 0 Å². The van der Waals surface area contributed by atoms with Crippen molar-refractivity contribution in [3.8, 4) is 0 Å². The van der Waals surface area contributed by atoms with E-state index in [2.05, 4.69) is 20.5 Å². The van der Waals surface area contributed by atoms with Crippen molar-refractivity contribution < 1.29 is 9.42 Å². The van der Waals surface area contributed by atoms with E-state index >= 15 is 0 Å². The predicted molar refractivity (Wildman–Crippen MR) is 71.4 cm³/mol. The molecule has 6 heteroatoms. The molecule has 0 saturated heterocycles. The number of fused-ring (bicyclic) bond motifs is 1. The maximum absolute atomic E-state index is 11.4. The third kappa shape index (κ3) is 3.08. The van der Waals surface area contributed by atoms with E-state index < -0.39 is 0 Å². The van der Waals surface area contributed by atoms with Gasteiger partial charge >= 0.3 is 0 Å². The molecule has 102 valence electrons. The smallest absolute Gasteiger partial charge is 0.221 e. The summed E-state index contributed by atoms with van der Waals surface area (Å²) in [4.78, 5) is 13.5. The summed E-state index contributed by atoms with van der Waals surface area (Å²) in [5.74, 6) is 0.0423. The number of aromatic nitrogens is 2. The standard InChI is InChI=1S/C13H18N4O2/c1-9(7-12(18)14-2)17(3)8-10-5-4-6-11-13(10)16-19-15-11/h4-6,9H,7-8H2,1-3H3,(H,14,18)/t9-/m0/s1. The lowest BCUT2D eigenvalue weighted by molar-refractivity contribution is -0.121. The number of hydrogen-bond acceptors (Lipinski definition) is 5. The van der Waals surface area contributed by atoms with Gasteiger partial charge in [0.1, 0.15) is 11.0 Å². The molecule has 6 nitrogen and oxygen atoms in total. The third-order valence-corrected chi connectivity index (χ3v) is 3.30. The van der Waals surface area contributed by atoms with Crippen molar-refractivity contribution in [3.63, 3.8) is 0 Å². The van der Waals surface area contributed by atoms with E-state index in [-0.39, 0.29) is 11.9 Å². The largest absolute Gasteiger partial charge is 0.359 e. The zero-order chi connectivity index (χ0) is 13.8. The Morgan fingerprint density at radius 2 is 2.26 bits per heavy atom. The fraction of sp³-hybridized carbons (Fsp3) is 0.462. The highest BCUT2D eigenvalue weighted by atomic mass is 16.6. The topological polar surface area (TPSA) is 71.3 Å². The lowest BCUT2D eigenvalue weighted by Crippen LogP contribution is -2.33. The Labute approximate surface area is 111 Å². The third-order valence-electron chi connectivity index (χ3n) is 3.30. The molecule has 1 heterocycles. The van der Waals surface area contributed by atoms with Crippen molar-refractivity contribution >= 4 is 16.9 Å². The van der Waals surface area contributed by atoms with Gasteiger partial charge < -0.3 is 5.32 Å². The Morgan fingerprint density at radius 3 is 3.00 bits per heavy atom. The van der Waals surface area contributed by atoms with E-state index in [4.69, 9.17) is 4.63 Å². The number of benzene rings is 1. The van der Waals surface area contributed by atoms with Crippen molar-refractivity contribution in [2.75, 3.05) is 14.1 Å². The number of rotatable bonds is 5. The van der Waals surface area contributed by atoms with Crippen LogP contribution in [-0.4, -0.2) is 41.3 Å². The van der Waals surface area contributed by atoms with Crippen LogP contribution < -0.4 is 5.32 Å². The summed E-state index contributed by atoms with van der Waals surface area (Å²) in [6.07, 6.45) is 0.472. The zero-order valence-corrected chi connectivity index (χ0v) is 11.4. The minimum absolute atomic E-state index is 0.0423. The van der Waals surface area contributed by atoms with Gasteiger partial charge in [0.05, 0.1) is 0 Å². The van der Waals surface area contributed by atoms with E-state index in [1.807, 2.05) is 32.2 Å². The van der Waals surface area contributed by atoms with Gasteiger partial charge in [0.15, 0.2) is 0 Å². The average molecular weight is 262 g/mol. The van der Waals surface area contributed by atoms with E-state index in [1.54, 1.807) is 7.05 Å². The van der Waals surface area contributed by atoms with Crippen molar-refractivity contribution in [3.05, 3.63) is 23.8 Å². The fourth-order valence-corrected chi connectivity index (χ4v) is 1.94. The number of nitrogens with zero attached hydrogens (tertiary/aromatic N) is 3. The Bertz CT molecular complexity index is 567. The van der Waals surface area contributed by atoms with Gasteiger partial charge in [-0.05, 0) is 35.9 Å². The molecule has 0 aliphatic rings. The monoisotopic (exact) mass is 262 g/mol. The molecule has 1 atom stereocenters. The minimum atomic E-state index is 0.0423. The summed E-state index contributed by atoms with van der Waals surface area (Å²) < 4.78 is 4.75. The highest BCUT2D eigenvalue weighted by molar-refractivity contribution is 5.77. The molecule has 0 aliphatic carbocycles. The second-order valence-corrected chi connectivity index (χ2v) is 4.69. The van der Waals surface area contributed by atoms with Gasteiger partial charge in [-0.3, -0.25) is 9.69 Å². The van der Waals surface area contributed by atoms with Gasteiger partial charge in [0.25, 0.3) is 0 Å². The fourth-order valence-electron chi connectivity index (χ4n) is 1.94. The first-order chi connectivity index (χ1) is 9.11.